The standard InChI is InChI=1S/C12H20O/c1-5-6-10(2)7-11(3)8-12(4)9-13/h6-8,13H,5,9H2,1-4H3/b10-6+,11-7+,12-8-. The second-order valence-corrected chi connectivity index (χ2v) is 3.39. The molecule has 0 aliphatic rings. The Bertz CT molecular complexity index is 232. The first kappa shape index (κ1) is 12.2. The van der Waals surface area contributed by atoms with Gasteiger partial charge in [-0.05, 0) is 32.8 Å². The van der Waals surface area contributed by atoms with Gasteiger partial charge in [0.15, 0.2) is 0 Å². The van der Waals surface area contributed by atoms with Crippen molar-refractivity contribution in [2.75, 3.05) is 6.61 Å². The van der Waals surface area contributed by atoms with E-state index in [2.05, 4.69) is 26.0 Å². The van der Waals surface area contributed by atoms with Gasteiger partial charge < -0.3 is 5.11 Å². The van der Waals surface area contributed by atoms with E-state index >= 15 is 0 Å². The van der Waals surface area contributed by atoms with E-state index < -0.39 is 0 Å². The fourth-order valence-corrected chi connectivity index (χ4v) is 1.22. The highest BCUT2D eigenvalue weighted by Crippen LogP contribution is 2.06. The quantitative estimate of drug-likeness (QED) is 0.658. The predicted octanol–water partition coefficient (Wildman–Crippen LogP) is 3.23. The SMILES string of the molecule is CC/C=C(C)/C=C(C)/C=C(/C)CO. The van der Waals surface area contributed by atoms with Gasteiger partial charge in [0.2, 0.25) is 0 Å². The van der Waals surface area contributed by atoms with Gasteiger partial charge in [0.25, 0.3) is 0 Å². The Labute approximate surface area is 81.5 Å². The molecule has 0 bridgehead atoms. The minimum absolute atomic E-state index is 0.141. The molecule has 0 atom stereocenters. The maximum Gasteiger partial charge on any atom is 0.0642 e. The normalized spacial score (nSPS) is 15.0. The van der Waals surface area contributed by atoms with Gasteiger partial charge in [-0.1, -0.05) is 36.3 Å². The number of allylic oxidation sites excluding steroid dienone is 5. The van der Waals surface area contributed by atoms with Crippen LogP contribution in [0.1, 0.15) is 34.1 Å². The van der Waals surface area contributed by atoms with Crippen LogP contribution in [0.4, 0.5) is 0 Å². The molecule has 1 heteroatoms. The zero-order valence-electron chi connectivity index (χ0n) is 9.09. The topological polar surface area (TPSA) is 20.2 Å². The third kappa shape index (κ3) is 6.35. The van der Waals surface area contributed by atoms with Crippen molar-refractivity contribution in [3.63, 3.8) is 0 Å². The van der Waals surface area contributed by atoms with E-state index in [1.807, 2.05) is 19.9 Å². The van der Waals surface area contributed by atoms with E-state index in [1.165, 1.54) is 11.1 Å². The second-order valence-electron chi connectivity index (χ2n) is 3.39. The molecule has 0 spiro atoms. The van der Waals surface area contributed by atoms with Gasteiger partial charge in [-0.2, -0.15) is 0 Å². The summed E-state index contributed by atoms with van der Waals surface area (Å²) in [7, 11) is 0. The summed E-state index contributed by atoms with van der Waals surface area (Å²) >= 11 is 0. The van der Waals surface area contributed by atoms with Crippen molar-refractivity contribution in [1.29, 1.82) is 0 Å². The monoisotopic (exact) mass is 180 g/mol. The van der Waals surface area contributed by atoms with Crippen molar-refractivity contribution in [3.05, 3.63) is 34.9 Å². The molecule has 0 aliphatic carbocycles. The Balaban J connectivity index is 4.41. The first-order chi connectivity index (χ1) is 6.10. The third-order valence-electron chi connectivity index (χ3n) is 1.70. The number of aliphatic hydroxyl groups excluding tert-OH is 1. The molecule has 0 rings (SSSR count). The summed E-state index contributed by atoms with van der Waals surface area (Å²) in [5.74, 6) is 0. The van der Waals surface area contributed by atoms with E-state index in [0.29, 0.717) is 0 Å². The van der Waals surface area contributed by atoms with Gasteiger partial charge in [0.1, 0.15) is 0 Å². The highest BCUT2D eigenvalue weighted by atomic mass is 16.3. The average molecular weight is 180 g/mol. The summed E-state index contributed by atoms with van der Waals surface area (Å²) in [5, 5.41) is 8.81. The highest BCUT2D eigenvalue weighted by Gasteiger charge is 1.88. The molecule has 1 nitrogen and oxygen atoms in total. The van der Waals surface area contributed by atoms with Crippen LogP contribution < -0.4 is 0 Å². The average Bonchev–Trinajstić information content (AvgIpc) is 2.04. The number of hydrogen-bond donors (Lipinski definition) is 1. The van der Waals surface area contributed by atoms with Crippen LogP contribution in [0.3, 0.4) is 0 Å². The molecule has 1 N–H and O–H groups in total. The molecule has 0 aromatic heterocycles. The molecule has 13 heavy (non-hydrogen) atoms. The lowest BCUT2D eigenvalue weighted by Crippen LogP contribution is -1.84. The molecule has 0 amide bonds. The molecule has 0 radical (unpaired) electrons. The fourth-order valence-electron chi connectivity index (χ4n) is 1.22. The van der Waals surface area contributed by atoms with Crippen molar-refractivity contribution in [2.24, 2.45) is 0 Å². The van der Waals surface area contributed by atoms with Crippen LogP contribution in [0.25, 0.3) is 0 Å². The summed E-state index contributed by atoms with van der Waals surface area (Å²) < 4.78 is 0. The minimum atomic E-state index is 0.141. The Morgan fingerprint density at radius 1 is 1.08 bits per heavy atom. The Morgan fingerprint density at radius 3 is 2.15 bits per heavy atom. The van der Waals surface area contributed by atoms with Crippen LogP contribution in [-0.4, -0.2) is 11.7 Å². The molecule has 0 heterocycles. The van der Waals surface area contributed by atoms with E-state index in [9.17, 15) is 0 Å². The van der Waals surface area contributed by atoms with E-state index in [0.717, 1.165) is 12.0 Å². The van der Waals surface area contributed by atoms with Gasteiger partial charge in [-0.15, -0.1) is 0 Å². The smallest absolute Gasteiger partial charge is 0.0642 e. The predicted molar refractivity (Wildman–Crippen MR) is 58.6 cm³/mol. The van der Waals surface area contributed by atoms with Gasteiger partial charge >= 0.3 is 0 Å². The minimum Gasteiger partial charge on any atom is -0.392 e. The Kier molecular flexibility index (Phi) is 6.25. The first-order valence-electron chi connectivity index (χ1n) is 4.73. The Morgan fingerprint density at radius 2 is 1.69 bits per heavy atom. The molecule has 0 unspecified atom stereocenters. The summed E-state index contributed by atoms with van der Waals surface area (Å²) in [6.45, 7) is 8.33. The molecule has 0 fully saturated rings. The van der Waals surface area contributed by atoms with Crippen molar-refractivity contribution in [2.45, 2.75) is 34.1 Å². The third-order valence-corrected chi connectivity index (χ3v) is 1.70. The molecular formula is C12H20O. The lowest BCUT2D eigenvalue weighted by molar-refractivity contribution is 0.331. The van der Waals surface area contributed by atoms with Crippen molar-refractivity contribution < 1.29 is 5.11 Å². The second kappa shape index (κ2) is 6.67. The number of rotatable bonds is 4. The molecule has 0 aliphatic heterocycles. The Hall–Kier alpha value is -0.820. The maximum atomic E-state index is 8.81. The van der Waals surface area contributed by atoms with E-state index in [-0.39, 0.29) is 6.61 Å². The fraction of sp³-hybridized carbons (Fsp3) is 0.500. The van der Waals surface area contributed by atoms with Gasteiger partial charge in [0, 0.05) is 0 Å². The van der Waals surface area contributed by atoms with E-state index in [4.69, 9.17) is 5.11 Å². The van der Waals surface area contributed by atoms with Crippen molar-refractivity contribution in [1.82, 2.24) is 0 Å². The van der Waals surface area contributed by atoms with Gasteiger partial charge in [0.05, 0.1) is 6.61 Å². The summed E-state index contributed by atoms with van der Waals surface area (Å²) in [6, 6.07) is 0. The van der Waals surface area contributed by atoms with Crippen LogP contribution in [0.15, 0.2) is 34.9 Å². The van der Waals surface area contributed by atoms with Crippen LogP contribution >= 0.6 is 0 Å². The zero-order chi connectivity index (χ0) is 10.3. The van der Waals surface area contributed by atoms with Crippen LogP contribution in [0, 0.1) is 0 Å². The van der Waals surface area contributed by atoms with E-state index in [1.54, 1.807) is 0 Å². The van der Waals surface area contributed by atoms with Crippen LogP contribution in [0.5, 0.6) is 0 Å². The lowest BCUT2D eigenvalue weighted by atomic mass is 10.1. The lowest BCUT2D eigenvalue weighted by Gasteiger charge is -1.97. The largest absolute Gasteiger partial charge is 0.392 e. The zero-order valence-corrected chi connectivity index (χ0v) is 9.09. The molecule has 0 aromatic carbocycles. The molecule has 0 aromatic rings. The number of hydrogen-bond acceptors (Lipinski definition) is 1. The maximum absolute atomic E-state index is 8.81. The molecule has 74 valence electrons. The summed E-state index contributed by atoms with van der Waals surface area (Å²) in [4.78, 5) is 0. The molecular weight excluding hydrogens is 160 g/mol. The van der Waals surface area contributed by atoms with Crippen molar-refractivity contribution in [3.8, 4) is 0 Å². The molecule has 0 saturated carbocycles. The summed E-state index contributed by atoms with van der Waals surface area (Å²) in [6.07, 6.45) is 7.39. The van der Waals surface area contributed by atoms with Gasteiger partial charge in [-0.25, -0.2) is 0 Å². The van der Waals surface area contributed by atoms with Crippen LogP contribution in [-0.2, 0) is 0 Å². The highest BCUT2D eigenvalue weighted by molar-refractivity contribution is 5.29. The first-order valence-corrected chi connectivity index (χ1v) is 4.73. The van der Waals surface area contributed by atoms with Crippen molar-refractivity contribution >= 4 is 0 Å². The van der Waals surface area contributed by atoms with Gasteiger partial charge in [-0.3, -0.25) is 0 Å². The molecule has 0 saturated heterocycles. The van der Waals surface area contributed by atoms with Crippen LogP contribution in [0.2, 0.25) is 0 Å². The number of aliphatic hydroxyl groups is 1. The summed E-state index contributed by atoms with van der Waals surface area (Å²) in [5.41, 5.74) is 3.47.